The van der Waals surface area contributed by atoms with Gasteiger partial charge < -0.3 is 0 Å². The quantitative estimate of drug-likeness (QED) is 0.535. The zero-order chi connectivity index (χ0) is 14.4. The Morgan fingerprint density at radius 2 is 2.00 bits per heavy atom. The van der Waals surface area contributed by atoms with Crippen LogP contribution in [0, 0.1) is 30.9 Å². The lowest BCUT2D eigenvalue weighted by molar-refractivity contribution is -0.384. The first-order valence-corrected chi connectivity index (χ1v) is 6.86. The Morgan fingerprint density at radius 3 is 2.60 bits per heavy atom. The predicted octanol–water partition coefficient (Wildman–Crippen LogP) is 3.32. The highest BCUT2D eigenvalue weighted by molar-refractivity contribution is 7.18. The van der Waals surface area contributed by atoms with E-state index in [4.69, 9.17) is 0 Å². The molecule has 0 saturated heterocycles. The second kappa shape index (κ2) is 4.38. The van der Waals surface area contributed by atoms with Crippen LogP contribution in [-0.4, -0.2) is 19.7 Å². The number of aryl methyl sites for hydroxylation is 3. The molecule has 0 unspecified atom stereocenters. The van der Waals surface area contributed by atoms with E-state index in [1.54, 1.807) is 16.8 Å². The van der Waals surface area contributed by atoms with E-state index in [0.717, 1.165) is 26.6 Å². The van der Waals surface area contributed by atoms with Crippen molar-refractivity contribution in [2.45, 2.75) is 20.8 Å². The average molecular weight is 288 g/mol. The summed E-state index contributed by atoms with van der Waals surface area (Å²) in [6, 6.07) is 5.20. The number of fused-ring (bicyclic) bond motifs is 1. The van der Waals surface area contributed by atoms with Gasteiger partial charge >= 0.3 is 0 Å². The molecule has 2 aromatic heterocycles. The summed E-state index contributed by atoms with van der Waals surface area (Å²) in [7, 11) is 0. The van der Waals surface area contributed by atoms with Gasteiger partial charge in [0.1, 0.15) is 5.69 Å². The smallest absolute Gasteiger partial charge is 0.258 e. The molecule has 0 fully saturated rings. The maximum atomic E-state index is 11.3. The van der Waals surface area contributed by atoms with E-state index in [0.29, 0.717) is 5.69 Å². The normalized spacial score (nSPS) is 11.2. The molecule has 6 nitrogen and oxygen atoms in total. The highest BCUT2D eigenvalue weighted by atomic mass is 32.1. The lowest BCUT2D eigenvalue weighted by Crippen LogP contribution is -2.03. The van der Waals surface area contributed by atoms with Gasteiger partial charge in [0.25, 0.3) is 5.69 Å². The van der Waals surface area contributed by atoms with Gasteiger partial charge in [-0.25, -0.2) is 9.67 Å². The maximum Gasteiger partial charge on any atom is 0.296 e. The molecule has 0 amide bonds. The van der Waals surface area contributed by atoms with Crippen molar-refractivity contribution in [3.05, 3.63) is 44.7 Å². The van der Waals surface area contributed by atoms with Crippen LogP contribution < -0.4 is 0 Å². The standard InChI is InChI=1S/C13H12N4O2S/c1-7-4-8(2)16(15-7)11-5-10-13(20-9(3)14-10)6-12(11)17(18)19/h4-6H,1-3H3. The molecule has 0 aliphatic rings. The monoisotopic (exact) mass is 288 g/mol. The Bertz CT molecular complexity index is 834. The molecular formula is C13H12N4O2S. The van der Waals surface area contributed by atoms with Crippen molar-refractivity contribution in [3.63, 3.8) is 0 Å². The summed E-state index contributed by atoms with van der Waals surface area (Å²) in [4.78, 5) is 15.3. The van der Waals surface area contributed by atoms with E-state index in [2.05, 4.69) is 10.1 Å². The third-order valence-electron chi connectivity index (χ3n) is 3.03. The molecule has 0 saturated carbocycles. The fourth-order valence-corrected chi connectivity index (χ4v) is 3.10. The van der Waals surface area contributed by atoms with Crippen molar-refractivity contribution in [2.24, 2.45) is 0 Å². The Labute approximate surface area is 118 Å². The van der Waals surface area contributed by atoms with Crippen LogP contribution in [0.3, 0.4) is 0 Å². The van der Waals surface area contributed by atoms with Crippen LogP contribution in [0.4, 0.5) is 5.69 Å². The number of nitro groups is 1. The van der Waals surface area contributed by atoms with Gasteiger partial charge in [-0.15, -0.1) is 11.3 Å². The van der Waals surface area contributed by atoms with Crippen LogP contribution in [0.1, 0.15) is 16.4 Å². The van der Waals surface area contributed by atoms with Gasteiger partial charge in [0.15, 0.2) is 0 Å². The van der Waals surface area contributed by atoms with E-state index >= 15 is 0 Å². The summed E-state index contributed by atoms with van der Waals surface area (Å²) in [5.74, 6) is 0. The summed E-state index contributed by atoms with van der Waals surface area (Å²) >= 11 is 1.45. The van der Waals surface area contributed by atoms with Crippen LogP contribution >= 0.6 is 11.3 Å². The summed E-state index contributed by atoms with van der Waals surface area (Å²) < 4.78 is 2.42. The third-order valence-corrected chi connectivity index (χ3v) is 3.96. The molecule has 0 atom stereocenters. The molecule has 20 heavy (non-hydrogen) atoms. The highest BCUT2D eigenvalue weighted by Crippen LogP contribution is 2.32. The molecule has 0 spiro atoms. The van der Waals surface area contributed by atoms with Gasteiger partial charge in [-0.05, 0) is 32.9 Å². The zero-order valence-electron chi connectivity index (χ0n) is 11.2. The maximum absolute atomic E-state index is 11.3. The van der Waals surface area contributed by atoms with Crippen LogP contribution in [0.25, 0.3) is 15.9 Å². The minimum atomic E-state index is -0.375. The Hall–Kier alpha value is -2.28. The molecule has 2 heterocycles. The minimum Gasteiger partial charge on any atom is -0.258 e. The number of hydrogen-bond donors (Lipinski definition) is 0. The number of thiazole rings is 1. The van der Waals surface area contributed by atoms with E-state index < -0.39 is 0 Å². The number of rotatable bonds is 2. The molecule has 0 aliphatic carbocycles. The van der Waals surface area contributed by atoms with E-state index in [1.165, 1.54) is 11.3 Å². The second-order valence-electron chi connectivity index (χ2n) is 4.64. The molecule has 1 aromatic carbocycles. The zero-order valence-corrected chi connectivity index (χ0v) is 12.1. The van der Waals surface area contributed by atoms with Gasteiger partial charge in [-0.1, -0.05) is 0 Å². The van der Waals surface area contributed by atoms with Crippen LogP contribution in [0.15, 0.2) is 18.2 Å². The van der Waals surface area contributed by atoms with Crippen molar-refractivity contribution >= 4 is 27.2 Å². The van der Waals surface area contributed by atoms with Gasteiger partial charge in [0, 0.05) is 11.8 Å². The Morgan fingerprint density at radius 1 is 1.25 bits per heavy atom. The van der Waals surface area contributed by atoms with Gasteiger partial charge in [0.2, 0.25) is 0 Å². The molecule has 0 radical (unpaired) electrons. The third kappa shape index (κ3) is 1.96. The molecule has 0 bridgehead atoms. The van der Waals surface area contributed by atoms with Crippen molar-refractivity contribution in [1.29, 1.82) is 0 Å². The van der Waals surface area contributed by atoms with Crippen molar-refractivity contribution in [2.75, 3.05) is 0 Å². The Balaban J connectivity index is 2.34. The van der Waals surface area contributed by atoms with Gasteiger partial charge in [0.05, 0.1) is 25.8 Å². The molecule has 102 valence electrons. The van der Waals surface area contributed by atoms with E-state index in [-0.39, 0.29) is 10.6 Å². The molecule has 0 aliphatic heterocycles. The first-order valence-electron chi connectivity index (χ1n) is 6.05. The fraction of sp³-hybridized carbons (Fsp3) is 0.231. The number of nitrogens with zero attached hydrogens (tertiary/aromatic N) is 4. The number of nitro benzene ring substituents is 1. The van der Waals surface area contributed by atoms with Crippen molar-refractivity contribution < 1.29 is 4.92 Å². The van der Waals surface area contributed by atoms with Gasteiger partial charge in [-0.3, -0.25) is 10.1 Å². The summed E-state index contributed by atoms with van der Waals surface area (Å²) in [5.41, 5.74) is 2.95. The Kier molecular flexibility index (Phi) is 2.79. The first-order chi connectivity index (χ1) is 9.45. The topological polar surface area (TPSA) is 73.8 Å². The molecule has 3 rings (SSSR count). The average Bonchev–Trinajstić information content (AvgIpc) is 2.88. The SMILES string of the molecule is Cc1cc(C)n(-c2cc3nc(C)sc3cc2[N+](=O)[O-])n1. The fourth-order valence-electron chi connectivity index (χ4n) is 2.26. The van der Waals surface area contributed by atoms with Crippen molar-refractivity contribution in [3.8, 4) is 5.69 Å². The molecule has 7 heteroatoms. The highest BCUT2D eigenvalue weighted by Gasteiger charge is 2.20. The van der Waals surface area contributed by atoms with Crippen LogP contribution in [0.2, 0.25) is 0 Å². The summed E-state index contributed by atoms with van der Waals surface area (Å²) in [6.45, 7) is 5.63. The summed E-state index contributed by atoms with van der Waals surface area (Å²) in [6.07, 6.45) is 0. The van der Waals surface area contributed by atoms with E-state index in [1.807, 2.05) is 26.8 Å². The van der Waals surface area contributed by atoms with Gasteiger partial charge in [-0.2, -0.15) is 5.10 Å². The lowest BCUT2D eigenvalue weighted by Gasteiger charge is -2.05. The minimum absolute atomic E-state index is 0.0485. The lowest BCUT2D eigenvalue weighted by atomic mass is 10.2. The largest absolute Gasteiger partial charge is 0.296 e. The number of benzene rings is 1. The molecular weight excluding hydrogens is 276 g/mol. The molecule has 0 N–H and O–H groups in total. The molecule has 3 aromatic rings. The first kappa shape index (κ1) is 12.7. The predicted molar refractivity (Wildman–Crippen MR) is 77.6 cm³/mol. The second-order valence-corrected chi connectivity index (χ2v) is 5.87. The van der Waals surface area contributed by atoms with Crippen LogP contribution in [-0.2, 0) is 0 Å². The number of aromatic nitrogens is 3. The number of hydrogen-bond acceptors (Lipinski definition) is 5. The summed E-state index contributed by atoms with van der Waals surface area (Å²) in [5, 5.41) is 16.5. The van der Waals surface area contributed by atoms with Crippen LogP contribution in [0.5, 0.6) is 0 Å². The van der Waals surface area contributed by atoms with E-state index in [9.17, 15) is 10.1 Å². The van der Waals surface area contributed by atoms with Crippen molar-refractivity contribution in [1.82, 2.24) is 14.8 Å².